The predicted molar refractivity (Wildman–Crippen MR) is 108 cm³/mol. The van der Waals surface area contributed by atoms with Crippen molar-refractivity contribution >= 4 is 22.4 Å². The number of anilines is 2. The molecule has 1 aliphatic heterocycles. The van der Waals surface area contributed by atoms with Crippen LogP contribution in [0.4, 0.5) is 11.5 Å². The van der Waals surface area contributed by atoms with Crippen molar-refractivity contribution in [2.45, 2.75) is 6.42 Å². The minimum Gasteiger partial charge on any atom is -0.388 e. The predicted octanol–water partition coefficient (Wildman–Crippen LogP) is 3.01. The molecule has 1 aliphatic rings. The summed E-state index contributed by atoms with van der Waals surface area (Å²) < 4.78 is 0. The quantitative estimate of drug-likeness (QED) is 0.786. The highest BCUT2D eigenvalue weighted by Crippen LogP contribution is 2.26. The summed E-state index contributed by atoms with van der Waals surface area (Å²) in [5, 5.41) is 4.32. The van der Waals surface area contributed by atoms with E-state index in [1.54, 1.807) is 6.33 Å². The van der Waals surface area contributed by atoms with Crippen molar-refractivity contribution in [3.63, 3.8) is 0 Å². The Morgan fingerprint density at radius 1 is 0.923 bits per heavy atom. The number of hydrogen-bond acceptors (Lipinski definition) is 5. The van der Waals surface area contributed by atoms with E-state index in [2.05, 4.69) is 74.6 Å². The van der Waals surface area contributed by atoms with Crippen molar-refractivity contribution in [2.75, 3.05) is 50.5 Å². The molecule has 4 rings (SSSR count). The third-order valence-corrected chi connectivity index (χ3v) is 5.13. The van der Waals surface area contributed by atoms with Gasteiger partial charge >= 0.3 is 0 Å². The van der Waals surface area contributed by atoms with Gasteiger partial charge in [-0.15, -0.1) is 0 Å². The molecule has 2 aromatic carbocycles. The summed E-state index contributed by atoms with van der Waals surface area (Å²) in [6, 6.07) is 15.2. The van der Waals surface area contributed by atoms with Crippen molar-refractivity contribution in [1.82, 2.24) is 14.9 Å². The lowest BCUT2D eigenvalue weighted by Crippen LogP contribution is -2.44. The molecule has 1 aromatic heterocycles. The fraction of sp³-hybridized carbons (Fsp3) is 0.333. The first-order chi connectivity index (χ1) is 12.7. The average Bonchev–Trinajstić information content (AvgIpc) is 2.69. The van der Waals surface area contributed by atoms with Gasteiger partial charge in [0.05, 0.1) is 5.52 Å². The summed E-state index contributed by atoms with van der Waals surface area (Å²) in [7, 11) is 4.12. The number of piperazine rings is 1. The second kappa shape index (κ2) is 7.30. The summed E-state index contributed by atoms with van der Waals surface area (Å²) in [5.41, 5.74) is 4.75. The Hall–Kier alpha value is -2.66. The van der Waals surface area contributed by atoms with Gasteiger partial charge in [0.25, 0.3) is 0 Å². The molecular weight excluding hydrogens is 322 g/mol. The van der Waals surface area contributed by atoms with E-state index < -0.39 is 0 Å². The van der Waals surface area contributed by atoms with Gasteiger partial charge in [-0.25, -0.2) is 9.97 Å². The normalized spacial score (nSPS) is 15.4. The Bertz CT molecular complexity index is 883. The SMILES string of the molecule is CNc1ccc(Cc2ccc3ncnc(N4CCN(C)CC4)c3c2)cc1. The second-order valence-corrected chi connectivity index (χ2v) is 6.96. The highest BCUT2D eigenvalue weighted by Gasteiger charge is 2.18. The van der Waals surface area contributed by atoms with Crippen molar-refractivity contribution in [3.8, 4) is 0 Å². The van der Waals surface area contributed by atoms with Crippen LogP contribution in [-0.4, -0.2) is 55.1 Å². The number of rotatable bonds is 4. The summed E-state index contributed by atoms with van der Waals surface area (Å²) in [6.45, 7) is 4.17. The zero-order valence-corrected chi connectivity index (χ0v) is 15.4. The molecule has 0 atom stereocenters. The first-order valence-corrected chi connectivity index (χ1v) is 9.17. The van der Waals surface area contributed by atoms with E-state index in [0.717, 1.165) is 55.0 Å². The Balaban J connectivity index is 1.63. The van der Waals surface area contributed by atoms with Gasteiger partial charge in [0, 0.05) is 44.3 Å². The van der Waals surface area contributed by atoms with Crippen molar-refractivity contribution in [2.24, 2.45) is 0 Å². The lowest BCUT2D eigenvalue weighted by atomic mass is 10.0. The van der Waals surface area contributed by atoms with Gasteiger partial charge in [-0.1, -0.05) is 18.2 Å². The standard InChI is InChI=1S/C21H25N5/c1-22-18-6-3-16(4-7-18)13-17-5-8-20-19(14-17)21(24-15-23-20)26-11-9-25(2)10-12-26/h3-8,14-15,22H,9-13H2,1-2H3. The van der Waals surface area contributed by atoms with Crippen LogP contribution in [0, 0.1) is 0 Å². The Kier molecular flexibility index (Phi) is 4.71. The van der Waals surface area contributed by atoms with E-state index in [1.807, 2.05) is 7.05 Å². The largest absolute Gasteiger partial charge is 0.388 e. The summed E-state index contributed by atoms with van der Waals surface area (Å²) >= 11 is 0. The summed E-state index contributed by atoms with van der Waals surface area (Å²) in [6.07, 6.45) is 2.60. The van der Waals surface area contributed by atoms with E-state index in [-0.39, 0.29) is 0 Å². The van der Waals surface area contributed by atoms with Crippen LogP contribution in [0.3, 0.4) is 0 Å². The Morgan fingerprint density at radius 3 is 2.38 bits per heavy atom. The maximum atomic E-state index is 4.61. The van der Waals surface area contributed by atoms with Gasteiger partial charge in [-0.3, -0.25) is 0 Å². The van der Waals surface area contributed by atoms with E-state index in [9.17, 15) is 0 Å². The van der Waals surface area contributed by atoms with E-state index in [0.29, 0.717) is 0 Å². The lowest BCUT2D eigenvalue weighted by Gasteiger charge is -2.33. The fourth-order valence-electron chi connectivity index (χ4n) is 3.50. The minimum atomic E-state index is 0.914. The van der Waals surface area contributed by atoms with Crippen molar-refractivity contribution in [1.29, 1.82) is 0 Å². The molecule has 26 heavy (non-hydrogen) atoms. The van der Waals surface area contributed by atoms with Crippen LogP contribution in [-0.2, 0) is 6.42 Å². The van der Waals surface area contributed by atoms with Gasteiger partial charge in [-0.05, 0) is 48.9 Å². The van der Waals surface area contributed by atoms with Gasteiger partial charge in [-0.2, -0.15) is 0 Å². The number of benzene rings is 2. The maximum absolute atomic E-state index is 4.61. The second-order valence-electron chi connectivity index (χ2n) is 6.96. The molecule has 0 unspecified atom stereocenters. The van der Waals surface area contributed by atoms with E-state index >= 15 is 0 Å². The number of nitrogens with zero attached hydrogens (tertiary/aromatic N) is 4. The monoisotopic (exact) mass is 347 g/mol. The van der Waals surface area contributed by atoms with Gasteiger partial charge in [0.1, 0.15) is 12.1 Å². The van der Waals surface area contributed by atoms with Crippen LogP contribution in [0.25, 0.3) is 10.9 Å². The van der Waals surface area contributed by atoms with Gasteiger partial charge < -0.3 is 15.1 Å². The Morgan fingerprint density at radius 2 is 1.65 bits per heavy atom. The topological polar surface area (TPSA) is 44.3 Å². The lowest BCUT2D eigenvalue weighted by molar-refractivity contribution is 0.312. The number of likely N-dealkylation sites (N-methyl/N-ethyl adjacent to an activating group) is 1. The number of hydrogen-bond donors (Lipinski definition) is 1. The molecule has 0 bridgehead atoms. The minimum absolute atomic E-state index is 0.914. The number of nitrogens with one attached hydrogen (secondary N) is 1. The van der Waals surface area contributed by atoms with Gasteiger partial charge in [0.2, 0.25) is 0 Å². The van der Waals surface area contributed by atoms with E-state index in [1.165, 1.54) is 11.1 Å². The first kappa shape index (κ1) is 16.8. The fourth-order valence-corrected chi connectivity index (χ4v) is 3.50. The van der Waals surface area contributed by atoms with Crippen LogP contribution in [0.5, 0.6) is 0 Å². The summed E-state index contributed by atoms with van der Waals surface area (Å²) in [4.78, 5) is 13.8. The summed E-state index contributed by atoms with van der Waals surface area (Å²) in [5.74, 6) is 1.07. The molecular formula is C21H25N5. The van der Waals surface area contributed by atoms with Crippen LogP contribution in [0.2, 0.25) is 0 Å². The molecule has 0 radical (unpaired) electrons. The van der Waals surface area contributed by atoms with Crippen LogP contribution in [0.1, 0.15) is 11.1 Å². The van der Waals surface area contributed by atoms with Crippen LogP contribution in [0.15, 0.2) is 48.8 Å². The highest BCUT2D eigenvalue weighted by atomic mass is 15.3. The molecule has 3 aromatic rings. The number of fused-ring (bicyclic) bond motifs is 1. The average molecular weight is 347 g/mol. The molecule has 0 amide bonds. The number of aromatic nitrogens is 2. The zero-order chi connectivity index (χ0) is 17.9. The molecule has 0 aliphatic carbocycles. The van der Waals surface area contributed by atoms with Crippen LogP contribution >= 0.6 is 0 Å². The molecule has 5 heteroatoms. The molecule has 0 saturated carbocycles. The molecule has 1 saturated heterocycles. The molecule has 1 N–H and O–H groups in total. The molecule has 134 valence electrons. The van der Waals surface area contributed by atoms with Crippen molar-refractivity contribution in [3.05, 3.63) is 59.9 Å². The third kappa shape index (κ3) is 3.48. The smallest absolute Gasteiger partial charge is 0.139 e. The maximum Gasteiger partial charge on any atom is 0.139 e. The Labute approximate surface area is 154 Å². The third-order valence-electron chi connectivity index (χ3n) is 5.13. The highest BCUT2D eigenvalue weighted by molar-refractivity contribution is 5.90. The van der Waals surface area contributed by atoms with Crippen LogP contribution < -0.4 is 10.2 Å². The molecule has 0 spiro atoms. The molecule has 2 heterocycles. The zero-order valence-electron chi connectivity index (χ0n) is 15.4. The van der Waals surface area contributed by atoms with E-state index in [4.69, 9.17) is 0 Å². The van der Waals surface area contributed by atoms with Gasteiger partial charge in [0.15, 0.2) is 0 Å². The molecule has 5 nitrogen and oxygen atoms in total. The molecule has 1 fully saturated rings. The van der Waals surface area contributed by atoms with Crippen molar-refractivity contribution < 1.29 is 0 Å². The first-order valence-electron chi connectivity index (χ1n) is 9.17.